The number of nitrogens with zero attached hydrogens (tertiary/aromatic N) is 1. The number of isothiocyanates is 1. The van der Waals surface area contributed by atoms with Gasteiger partial charge in [0.05, 0.1) is 18.3 Å². The molecule has 2 aromatic rings. The summed E-state index contributed by atoms with van der Waals surface area (Å²) in [6.07, 6.45) is 1.63. The summed E-state index contributed by atoms with van der Waals surface area (Å²) in [5.41, 5.74) is 0.601. The largest absolute Gasteiger partial charge is 0.497 e. The molecule has 0 heterocycles. The summed E-state index contributed by atoms with van der Waals surface area (Å²) in [5, 5.41) is 5.37. The van der Waals surface area contributed by atoms with Crippen LogP contribution in [0.25, 0.3) is 0 Å². The van der Waals surface area contributed by atoms with Gasteiger partial charge in [0.1, 0.15) is 17.2 Å². The molecular weight excluding hydrogens is 336 g/mol. The van der Waals surface area contributed by atoms with Gasteiger partial charge < -0.3 is 14.8 Å². The van der Waals surface area contributed by atoms with Crippen molar-refractivity contribution in [2.45, 2.75) is 24.9 Å². The van der Waals surface area contributed by atoms with Gasteiger partial charge >= 0.3 is 0 Å². The summed E-state index contributed by atoms with van der Waals surface area (Å²) in [6.45, 7) is 0. The Hall–Kier alpha value is -2.69. The Balaban J connectivity index is 1.54. The lowest BCUT2D eigenvalue weighted by Gasteiger charge is -2.32. The van der Waals surface area contributed by atoms with E-state index in [0.29, 0.717) is 17.1 Å². The zero-order valence-corrected chi connectivity index (χ0v) is 14.6. The topological polar surface area (TPSA) is 59.9 Å². The van der Waals surface area contributed by atoms with Crippen molar-refractivity contribution in [1.82, 2.24) is 5.32 Å². The van der Waals surface area contributed by atoms with Crippen molar-refractivity contribution in [2.75, 3.05) is 7.11 Å². The van der Waals surface area contributed by atoms with Crippen molar-refractivity contribution < 1.29 is 14.3 Å². The fourth-order valence-electron chi connectivity index (χ4n) is 2.61. The molecule has 0 spiro atoms. The zero-order valence-electron chi connectivity index (χ0n) is 13.8. The van der Waals surface area contributed by atoms with Crippen LogP contribution in [-0.2, 0) is 0 Å². The van der Waals surface area contributed by atoms with Gasteiger partial charge in [-0.1, -0.05) is 0 Å². The van der Waals surface area contributed by atoms with Crippen LogP contribution >= 0.6 is 12.2 Å². The maximum atomic E-state index is 12.2. The molecule has 2 aromatic carbocycles. The van der Waals surface area contributed by atoms with Gasteiger partial charge in [-0.15, -0.1) is 0 Å². The average Bonchev–Trinajstić information content (AvgIpc) is 2.61. The smallest absolute Gasteiger partial charge is 0.251 e. The van der Waals surface area contributed by atoms with E-state index in [1.165, 1.54) is 0 Å². The molecule has 0 aliphatic heterocycles. The molecule has 0 radical (unpaired) electrons. The highest BCUT2D eigenvalue weighted by Gasteiger charge is 2.29. The molecule has 1 aliphatic carbocycles. The van der Waals surface area contributed by atoms with Gasteiger partial charge in [-0.25, -0.2) is 4.99 Å². The fraction of sp³-hybridized carbons (Fsp3) is 0.263. The number of hydrogen-bond acceptors (Lipinski definition) is 5. The van der Waals surface area contributed by atoms with Crippen molar-refractivity contribution in [3.8, 4) is 17.2 Å². The van der Waals surface area contributed by atoms with E-state index in [1.807, 2.05) is 24.3 Å². The number of aliphatic imine (C=N–C) groups is 1. The molecule has 0 aromatic heterocycles. The minimum Gasteiger partial charge on any atom is -0.497 e. The average molecular weight is 354 g/mol. The molecule has 6 heteroatoms. The molecule has 1 fully saturated rings. The molecule has 0 bridgehead atoms. The number of hydrogen-bond donors (Lipinski definition) is 1. The molecule has 0 unspecified atom stereocenters. The van der Waals surface area contributed by atoms with Crippen molar-refractivity contribution in [3.05, 3.63) is 54.1 Å². The highest BCUT2D eigenvalue weighted by Crippen LogP contribution is 2.25. The predicted octanol–water partition coefficient (Wildman–Crippen LogP) is 3.85. The number of benzene rings is 2. The molecule has 3 rings (SSSR count). The maximum absolute atomic E-state index is 12.2. The molecule has 1 amide bonds. The van der Waals surface area contributed by atoms with Crippen LogP contribution in [0.5, 0.6) is 17.2 Å². The molecule has 5 nitrogen and oxygen atoms in total. The lowest BCUT2D eigenvalue weighted by Crippen LogP contribution is -2.46. The molecular formula is C19H18N2O3S. The number of amides is 1. The highest BCUT2D eigenvalue weighted by molar-refractivity contribution is 7.78. The first kappa shape index (κ1) is 17.1. The molecule has 128 valence electrons. The third-order valence-corrected chi connectivity index (χ3v) is 4.20. The first-order valence-corrected chi connectivity index (χ1v) is 8.38. The van der Waals surface area contributed by atoms with Crippen LogP contribution in [0.3, 0.4) is 0 Å². The minimum absolute atomic E-state index is 0.0919. The fourth-order valence-corrected chi connectivity index (χ4v) is 2.76. The number of ether oxygens (including phenoxy) is 2. The number of rotatable bonds is 6. The summed E-state index contributed by atoms with van der Waals surface area (Å²) in [5.74, 6) is 2.05. The summed E-state index contributed by atoms with van der Waals surface area (Å²) in [7, 11) is 1.62. The molecule has 1 aliphatic rings. The van der Waals surface area contributed by atoms with E-state index in [2.05, 4.69) is 27.7 Å². The second-order valence-electron chi connectivity index (χ2n) is 5.82. The molecule has 0 saturated heterocycles. The summed E-state index contributed by atoms with van der Waals surface area (Å²) < 4.78 is 10.9. The molecule has 1 saturated carbocycles. The zero-order chi connectivity index (χ0) is 17.6. The van der Waals surface area contributed by atoms with Crippen LogP contribution in [0.15, 0.2) is 53.5 Å². The van der Waals surface area contributed by atoms with Gasteiger partial charge in [0, 0.05) is 11.6 Å². The quantitative estimate of drug-likeness (QED) is 0.632. The Morgan fingerprint density at radius 1 is 1.08 bits per heavy atom. The highest BCUT2D eigenvalue weighted by atomic mass is 32.1. The van der Waals surface area contributed by atoms with Crippen LogP contribution in [-0.4, -0.2) is 30.3 Å². The summed E-state index contributed by atoms with van der Waals surface area (Å²) >= 11 is 4.58. The Kier molecular flexibility index (Phi) is 5.43. The standard InChI is InChI=1S/C19H18N2O3S/c1-23-16-6-8-18(9-7-16)24-17-4-2-13(3-5-17)19(22)21-15-10-14(11-15)20-12-25/h2-9,14-15H,10-11H2,1H3,(H,21,22)/t14-,15+. The van der Waals surface area contributed by atoms with Gasteiger partial charge in [-0.3, -0.25) is 4.79 Å². The molecule has 0 atom stereocenters. The van der Waals surface area contributed by atoms with E-state index in [1.54, 1.807) is 31.4 Å². The van der Waals surface area contributed by atoms with E-state index in [0.717, 1.165) is 18.6 Å². The monoisotopic (exact) mass is 354 g/mol. The van der Waals surface area contributed by atoms with Crippen LogP contribution in [0.1, 0.15) is 23.2 Å². The van der Waals surface area contributed by atoms with Gasteiger partial charge in [0.15, 0.2) is 0 Å². The molecule has 1 N–H and O–H groups in total. The van der Waals surface area contributed by atoms with E-state index >= 15 is 0 Å². The third kappa shape index (κ3) is 4.44. The van der Waals surface area contributed by atoms with Crippen LogP contribution in [0, 0.1) is 0 Å². The van der Waals surface area contributed by atoms with Crippen LogP contribution in [0.4, 0.5) is 0 Å². The van der Waals surface area contributed by atoms with Gasteiger partial charge in [-0.05, 0) is 73.6 Å². The number of nitrogens with one attached hydrogen (secondary N) is 1. The number of thiocarbonyl (C=S) groups is 1. The maximum Gasteiger partial charge on any atom is 0.251 e. The van der Waals surface area contributed by atoms with Crippen molar-refractivity contribution in [3.63, 3.8) is 0 Å². The first-order chi connectivity index (χ1) is 12.2. The second kappa shape index (κ2) is 7.92. The SMILES string of the molecule is COc1ccc(Oc2ccc(C(=O)N[C@H]3C[C@@H](N=C=S)C3)cc2)cc1. The first-order valence-electron chi connectivity index (χ1n) is 7.98. The van der Waals surface area contributed by atoms with Gasteiger partial charge in [-0.2, -0.15) is 0 Å². The van der Waals surface area contributed by atoms with Crippen molar-refractivity contribution in [2.24, 2.45) is 4.99 Å². The van der Waals surface area contributed by atoms with Crippen LogP contribution in [0.2, 0.25) is 0 Å². The van der Waals surface area contributed by atoms with Crippen molar-refractivity contribution >= 4 is 23.3 Å². The number of carbonyl (C=O) groups is 1. The Morgan fingerprint density at radius 3 is 2.20 bits per heavy atom. The van der Waals surface area contributed by atoms with Gasteiger partial charge in [0.2, 0.25) is 0 Å². The van der Waals surface area contributed by atoms with E-state index in [9.17, 15) is 4.79 Å². The Morgan fingerprint density at radius 2 is 1.64 bits per heavy atom. The Bertz CT molecular complexity index is 777. The third-order valence-electron chi connectivity index (χ3n) is 4.10. The van der Waals surface area contributed by atoms with E-state index in [-0.39, 0.29) is 18.0 Å². The lowest BCUT2D eigenvalue weighted by atomic mass is 9.87. The number of carbonyl (C=O) groups excluding carboxylic acids is 1. The minimum atomic E-state index is -0.0919. The Labute approximate surface area is 151 Å². The summed E-state index contributed by atoms with van der Waals surface area (Å²) in [6, 6.07) is 14.7. The normalized spacial score (nSPS) is 18.4. The number of methoxy groups -OCH3 is 1. The lowest BCUT2D eigenvalue weighted by molar-refractivity contribution is 0.0910. The van der Waals surface area contributed by atoms with E-state index < -0.39 is 0 Å². The van der Waals surface area contributed by atoms with Gasteiger partial charge in [0.25, 0.3) is 5.91 Å². The molecule has 25 heavy (non-hydrogen) atoms. The van der Waals surface area contributed by atoms with Crippen LogP contribution < -0.4 is 14.8 Å². The summed E-state index contributed by atoms with van der Waals surface area (Å²) in [4.78, 5) is 16.2. The van der Waals surface area contributed by atoms with Crippen molar-refractivity contribution in [1.29, 1.82) is 0 Å². The second-order valence-corrected chi connectivity index (χ2v) is 6.00. The predicted molar refractivity (Wildman–Crippen MR) is 98.8 cm³/mol. The van der Waals surface area contributed by atoms with E-state index in [4.69, 9.17) is 9.47 Å².